The first kappa shape index (κ1) is 25.0. The van der Waals surface area contributed by atoms with Gasteiger partial charge < -0.3 is 15.2 Å². The third-order valence-corrected chi connectivity index (χ3v) is 6.91. The highest BCUT2D eigenvalue weighted by Gasteiger charge is 2.20. The van der Waals surface area contributed by atoms with Gasteiger partial charge in [-0.2, -0.15) is 0 Å². The van der Waals surface area contributed by atoms with E-state index in [-0.39, 0.29) is 24.0 Å². The Kier molecular flexibility index (Phi) is 9.80. The zero-order valence-electron chi connectivity index (χ0n) is 19.1. The predicted molar refractivity (Wildman–Crippen MR) is 146 cm³/mol. The highest BCUT2D eigenvalue weighted by molar-refractivity contribution is 14.0. The summed E-state index contributed by atoms with van der Waals surface area (Å²) in [6.45, 7) is 8.29. The number of piperidine rings is 1. The minimum Gasteiger partial charge on any atom is -0.356 e. The molecule has 4 rings (SSSR count). The van der Waals surface area contributed by atoms with Crippen molar-refractivity contribution < 1.29 is 0 Å². The number of fused-ring (bicyclic) bond motifs is 1. The number of aromatic nitrogens is 2. The van der Waals surface area contributed by atoms with Crippen molar-refractivity contribution in [1.29, 1.82) is 0 Å². The summed E-state index contributed by atoms with van der Waals surface area (Å²) in [6, 6.07) is 10.7. The third-order valence-electron chi connectivity index (χ3n) is 6.09. The number of para-hydroxylation sites is 1. The molecule has 32 heavy (non-hydrogen) atoms. The molecule has 1 aliphatic heterocycles. The summed E-state index contributed by atoms with van der Waals surface area (Å²) in [6.07, 6.45) is 5.70. The summed E-state index contributed by atoms with van der Waals surface area (Å²) in [5.74, 6) is 1.62. The van der Waals surface area contributed by atoms with Crippen LogP contribution in [0.15, 0.2) is 46.9 Å². The molecule has 1 aliphatic rings. The standard InChI is InChI=1S/C24H34N6S.HI/c1-19-28-22(18-31-19)17-29-13-8-20(9-14-29)16-27-24(25-2)26-11-5-12-30-15-10-21-6-3-4-7-23(21)30;/h3-4,6-7,10,15,18,20H,5,8-9,11-14,16-17H2,1-2H3,(H2,25,26,27);1H. The van der Waals surface area contributed by atoms with E-state index >= 15 is 0 Å². The molecule has 0 bridgehead atoms. The van der Waals surface area contributed by atoms with Crippen molar-refractivity contribution in [2.75, 3.05) is 33.2 Å². The number of hydrogen-bond acceptors (Lipinski definition) is 4. The Morgan fingerprint density at radius 1 is 1.19 bits per heavy atom. The Bertz CT molecular complexity index is 989. The molecule has 174 valence electrons. The zero-order chi connectivity index (χ0) is 21.5. The van der Waals surface area contributed by atoms with Crippen molar-refractivity contribution >= 4 is 52.2 Å². The van der Waals surface area contributed by atoms with Crippen LogP contribution in [0.1, 0.15) is 30.0 Å². The van der Waals surface area contributed by atoms with Crippen molar-refractivity contribution in [3.8, 4) is 0 Å². The van der Waals surface area contributed by atoms with Crippen molar-refractivity contribution in [2.45, 2.75) is 39.3 Å². The summed E-state index contributed by atoms with van der Waals surface area (Å²) >= 11 is 1.75. The average Bonchev–Trinajstić information content (AvgIpc) is 3.40. The molecule has 0 radical (unpaired) electrons. The fraction of sp³-hybridized carbons (Fsp3) is 0.500. The second-order valence-corrected chi connectivity index (χ2v) is 9.44. The Morgan fingerprint density at radius 2 is 2.00 bits per heavy atom. The lowest BCUT2D eigenvalue weighted by molar-refractivity contribution is 0.176. The first-order valence-corrected chi connectivity index (χ1v) is 12.2. The number of guanidine groups is 1. The van der Waals surface area contributed by atoms with Crippen LogP contribution in [0.3, 0.4) is 0 Å². The van der Waals surface area contributed by atoms with Crippen LogP contribution in [0.5, 0.6) is 0 Å². The van der Waals surface area contributed by atoms with E-state index in [1.165, 1.54) is 29.4 Å². The first-order chi connectivity index (χ1) is 15.2. The maximum atomic E-state index is 4.60. The molecule has 0 aliphatic carbocycles. The topological polar surface area (TPSA) is 57.5 Å². The van der Waals surface area contributed by atoms with Crippen LogP contribution >= 0.6 is 35.3 Å². The smallest absolute Gasteiger partial charge is 0.190 e. The Hall–Kier alpha value is -1.65. The van der Waals surface area contributed by atoms with E-state index in [0.29, 0.717) is 5.92 Å². The summed E-state index contributed by atoms with van der Waals surface area (Å²) in [4.78, 5) is 11.5. The largest absolute Gasteiger partial charge is 0.356 e. The van der Waals surface area contributed by atoms with Gasteiger partial charge in [-0.25, -0.2) is 4.98 Å². The summed E-state index contributed by atoms with van der Waals surface area (Å²) < 4.78 is 2.33. The number of benzene rings is 1. The number of nitrogens with one attached hydrogen (secondary N) is 2. The van der Waals surface area contributed by atoms with E-state index in [9.17, 15) is 0 Å². The minimum atomic E-state index is 0. The van der Waals surface area contributed by atoms with Crippen molar-refractivity contribution in [3.63, 3.8) is 0 Å². The number of aryl methyl sites for hydroxylation is 2. The molecule has 1 fully saturated rings. The molecule has 1 saturated heterocycles. The number of aliphatic imine (C=N–C) groups is 1. The highest BCUT2D eigenvalue weighted by atomic mass is 127. The monoisotopic (exact) mass is 566 g/mol. The molecule has 0 unspecified atom stereocenters. The maximum Gasteiger partial charge on any atom is 0.190 e. The van der Waals surface area contributed by atoms with Gasteiger partial charge >= 0.3 is 0 Å². The molecular weight excluding hydrogens is 531 g/mol. The van der Waals surface area contributed by atoms with Crippen LogP contribution in [0, 0.1) is 12.8 Å². The lowest BCUT2D eigenvalue weighted by Crippen LogP contribution is -2.43. The summed E-state index contributed by atoms with van der Waals surface area (Å²) in [5.41, 5.74) is 2.53. The normalized spacial score (nSPS) is 15.6. The van der Waals surface area contributed by atoms with Crippen molar-refractivity contribution in [2.24, 2.45) is 10.9 Å². The molecule has 6 nitrogen and oxygen atoms in total. The second kappa shape index (κ2) is 12.6. The Balaban J connectivity index is 0.00000289. The van der Waals surface area contributed by atoms with Gasteiger partial charge in [-0.3, -0.25) is 9.89 Å². The third kappa shape index (κ3) is 6.92. The van der Waals surface area contributed by atoms with Gasteiger partial charge in [0.1, 0.15) is 0 Å². The van der Waals surface area contributed by atoms with Gasteiger partial charge in [-0.15, -0.1) is 35.3 Å². The van der Waals surface area contributed by atoms with Gasteiger partial charge in [0.05, 0.1) is 10.7 Å². The Morgan fingerprint density at radius 3 is 2.75 bits per heavy atom. The molecule has 3 aromatic rings. The minimum absolute atomic E-state index is 0. The van der Waals surface area contributed by atoms with Crippen LogP contribution in [-0.2, 0) is 13.1 Å². The van der Waals surface area contributed by atoms with E-state index in [1.54, 1.807) is 11.3 Å². The number of rotatable bonds is 8. The molecule has 0 amide bonds. The number of hydrogen-bond donors (Lipinski definition) is 2. The number of halogens is 1. The van der Waals surface area contributed by atoms with E-state index in [1.807, 2.05) is 7.05 Å². The summed E-state index contributed by atoms with van der Waals surface area (Å²) in [5, 5.41) is 11.7. The second-order valence-electron chi connectivity index (χ2n) is 8.38. The lowest BCUT2D eigenvalue weighted by atomic mass is 9.97. The van der Waals surface area contributed by atoms with Crippen LogP contribution in [0.2, 0.25) is 0 Å². The zero-order valence-corrected chi connectivity index (χ0v) is 22.2. The van der Waals surface area contributed by atoms with Gasteiger partial charge in [0.25, 0.3) is 0 Å². The van der Waals surface area contributed by atoms with E-state index in [0.717, 1.165) is 56.7 Å². The maximum absolute atomic E-state index is 4.60. The van der Waals surface area contributed by atoms with Crippen LogP contribution in [0.4, 0.5) is 0 Å². The SMILES string of the molecule is CN=C(NCCCn1ccc2ccccc21)NCC1CCN(Cc2csc(C)n2)CC1.I. The molecule has 1 aromatic carbocycles. The van der Waals surface area contributed by atoms with E-state index in [2.05, 4.69) is 78.9 Å². The van der Waals surface area contributed by atoms with Gasteiger partial charge in [0.15, 0.2) is 5.96 Å². The van der Waals surface area contributed by atoms with Gasteiger partial charge in [0.2, 0.25) is 0 Å². The quantitative estimate of drug-likeness (QED) is 0.183. The predicted octanol–water partition coefficient (Wildman–Crippen LogP) is 4.49. The van der Waals surface area contributed by atoms with Crippen LogP contribution in [-0.4, -0.2) is 53.6 Å². The van der Waals surface area contributed by atoms with Crippen LogP contribution in [0.25, 0.3) is 10.9 Å². The van der Waals surface area contributed by atoms with Gasteiger partial charge in [-0.1, -0.05) is 18.2 Å². The summed E-state index contributed by atoms with van der Waals surface area (Å²) in [7, 11) is 1.85. The highest BCUT2D eigenvalue weighted by Crippen LogP contribution is 2.19. The average molecular weight is 567 g/mol. The van der Waals surface area contributed by atoms with E-state index in [4.69, 9.17) is 0 Å². The lowest BCUT2D eigenvalue weighted by Gasteiger charge is -2.31. The number of thiazole rings is 1. The fourth-order valence-electron chi connectivity index (χ4n) is 4.31. The molecule has 0 atom stereocenters. The van der Waals surface area contributed by atoms with Crippen molar-refractivity contribution in [3.05, 3.63) is 52.6 Å². The number of likely N-dealkylation sites (tertiary alicyclic amines) is 1. The van der Waals surface area contributed by atoms with Crippen LogP contribution < -0.4 is 10.6 Å². The molecule has 0 spiro atoms. The first-order valence-electron chi connectivity index (χ1n) is 11.3. The molecule has 3 heterocycles. The Labute approximate surface area is 212 Å². The molecule has 8 heteroatoms. The molecule has 0 saturated carbocycles. The van der Waals surface area contributed by atoms with Gasteiger partial charge in [0, 0.05) is 50.3 Å². The molecular formula is C24H35IN6S. The van der Waals surface area contributed by atoms with E-state index < -0.39 is 0 Å². The van der Waals surface area contributed by atoms with Crippen molar-refractivity contribution in [1.82, 2.24) is 25.1 Å². The fourth-order valence-corrected chi connectivity index (χ4v) is 4.92. The number of nitrogens with zero attached hydrogens (tertiary/aromatic N) is 4. The molecule has 2 aromatic heterocycles. The molecule has 2 N–H and O–H groups in total. The van der Waals surface area contributed by atoms with Gasteiger partial charge in [-0.05, 0) is 62.7 Å².